The van der Waals surface area contributed by atoms with Gasteiger partial charge in [0.25, 0.3) is 10.1 Å². The second kappa shape index (κ2) is 6.29. The van der Waals surface area contributed by atoms with Crippen LogP contribution in [0.2, 0.25) is 0 Å². The largest absolute Gasteiger partial charge is 0.387 e. The van der Waals surface area contributed by atoms with Gasteiger partial charge in [-0.05, 0) is 31.9 Å². The van der Waals surface area contributed by atoms with Gasteiger partial charge in [0.2, 0.25) is 0 Å². The number of rotatable bonds is 4. The van der Waals surface area contributed by atoms with Gasteiger partial charge >= 0.3 is 0 Å². The molecule has 1 spiro atoms. The molecule has 0 radical (unpaired) electrons. The number of ether oxygens (including phenoxy) is 3. The Balaban J connectivity index is 1.38. The Morgan fingerprint density at radius 2 is 1.88 bits per heavy atom. The van der Waals surface area contributed by atoms with E-state index in [4.69, 9.17) is 18.4 Å². The van der Waals surface area contributed by atoms with E-state index in [0.29, 0.717) is 0 Å². The predicted molar refractivity (Wildman–Crippen MR) is 86.1 cm³/mol. The van der Waals surface area contributed by atoms with Crippen LogP contribution in [0.5, 0.6) is 0 Å². The van der Waals surface area contributed by atoms with Crippen LogP contribution in [-0.2, 0) is 28.5 Å². The third-order valence-electron chi connectivity index (χ3n) is 5.04. The predicted octanol–water partition coefficient (Wildman–Crippen LogP) is 1.47. The van der Waals surface area contributed by atoms with Crippen LogP contribution in [0.1, 0.15) is 31.2 Å². The summed E-state index contributed by atoms with van der Waals surface area (Å²) in [7, 11) is -3.91. The molecule has 0 aromatic heterocycles. The lowest BCUT2D eigenvalue weighted by Gasteiger charge is -2.25. The van der Waals surface area contributed by atoms with Crippen molar-refractivity contribution >= 4 is 10.1 Å². The topological polar surface area (TPSA) is 91.3 Å². The van der Waals surface area contributed by atoms with E-state index in [1.807, 2.05) is 6.92 Å². The normalized spacial score (nSPS) is 33.8. The lowest BCUT2D eigenvalue weighted by atomic mass is 10.1. The van der Waals surface area contributed by atoms with Crippen molar-refractivity contribution in [3.8, 4) is 0 Å². The van der Waals surface area contributed by atoms with Gasteiger partial charge < -0.3 is 19.3 Å². The number of aliphatic hydroxyl groups is 1. The molecule has 4 atom stereocenters. The molecule has 0 amide bonds. The summed E-state index contributed by atoms with van der Waals surface area (Å²) < 4.78 is 46.9. The van der Waals surface area contributed by atoms with Gasteiger partial charge in [-0.3, -0.25) is 4.18 Å². The summed E-state index contributed by atoms with van der Waals surface area (Å²) in [5.41, 5.74) is 0.955. The summed E-state index contributed by atoms with van der Waals surface area (Å²) >= 11 is 0. The zero-order valence-electron chi connectivity index (χ0n) is 14.0. The zero-order chi connectivity index (χ0) is 17.7. The van der Waals surface area contributed by atoms with E-state index in [9.17, 15) is 13.5 Å². The summed E-state index contributed by atoms with van der Waals surface area (Å²) in [5, 5.41) is 10.4. The maximum atomic E-state index is 12.2. The van der Waals surface area contributed by atoms with Crippen LogP contribution in [0.25, 0.3) is 0 Å². The van der Waals surface area contributed by atoms with Crippen LogP contribution in [0.3, 0.4) is 0 Å². The highest BCUT2D eigenvalue weighted by atomic mass is 32.2. The minimum absolute atomic E-state index is 0.0724. The van der Waals surface area contributed by atoms with E-state index in [1.165, 1.54) is 12.1 Å². The van der Waals surface area contributed by atoms with Crippen LogP contribution in [0.4, 0.5) is 0 Å². The molecule has 2 aliphatic heterocycles. The van der Waals surface area contributed by atoms with E-state index >= 15 is 0 Å². The van der Waals surface area contributed by atoms with E-state index in [-0.39, 0.29) is 11.5 Å². The van der Waals surface area contributed by atoms with Gasteiger partial charge in [0.15, 0.2) is 12.1 Å². The second-order valence-corrected chi connectivity index (χ2v) is 8.52. The fraction of sp³-hybridized carbons (Fsp3) is 0.647. The highest BCUT2D eigenvalue weighted by Crippen LogP contribution is 2.46. The number of aryl methyl sites for hydroxylation is 1. The molecule has 2 heterocycles. The van der Waals surface area contributed by atoms with Crippen LogP contribution in [0, 0.1) is 6.92 Å². The highest BCUT2D eigenvalue weighted by molar-refractivity contribution is 7.86. The zero-order valence-corrected chi connectivity index (χ0v) is 14.8. The number of aliphatic hydroxyl groups excluding tert-OH is 1. The van der Waals surface area contributed by atoms with Crippen molar-refractivity contribution in [1.29, 1.82) is 0 Å². The number of hydrogen-bond acceptors (Lipinski definition) is 7. The molecule has 8 heteroatoms. The average Bonchev–Trinajstić information content (AvgIpc) is 3.25. The van der Waals surface area contributed by atoms with Gasteiger partial charge in [0, 0.05) is 12.8 Å². The average molecular weight is 370 g/mol. The van der Waals surface area contributed by atoms with Crippen molar-refractivity contribution in [2.24, 2.45) is 0 Å². The maximum Gasteiger partial charge on any atom is 0.297 e. The molecular weight excluding hydrogens is 348 g/mol. The van der Waals surface area contributed by atoms with Gasteiger partial charge in [-0.25, -0.2) is 0 Å². The fourth-order valence-electron chi connectivity index (χ4n) is 3.63. The van der Waals surface area contributed by atoms with Gasteiger partial charge in [0.05, 0.1) is 11.5 Å². The molecular formula is C17H22O7S. The summed E-state index contributed by atoms with van der Waals surface area (Å²) in [6.45, 7) is 1.58. The molecule has 0 bridgehead atoms. The molecule has 7 nitrogen and oxygen atoms in total. The Kier molecular flexibility index (Phi) is 4.38. The highest BCUT2D eigenvalue weighted by Gasteiger charge is 2.58. The molecule has 1 N–H and O–H groups in total. The third-order valence-corrected chi connectivity index (χ3v) is 6.33. The van der Waals surface area contributed by atoms with Crippen LogP contribution < -0.4 is 0 Å². The molecule has 3 aliphatic rings. The van der Waals surface area contributed by atoms with E-state index in [0.717, 1.165) is 31.2 Å². The molecule has 1 aliphatic carbocycles. The van der Waals surface area contributed by atoms with Crippen molar-refractivity contribution in [1.82, 2.24) is 0 Å². The Morgan fingerprint density at radius 3 is 2.52 bits per heavy atom. The standard InChI is InChI=1S/C17H22O7S/c1-11-4-6-12(7-5-11)25(19,20)21-10-13-14(18)15-16(22-13)24-17(23-15)8-2-3-9-17/h4-7,13-16,18H,2-3,8-10H2,1H3. The first kappa shape index (κ1) is 17.4. The van der Waals surface area contributed by atoms with Gasteiger partial charge in [-0.1, -0.05) is 17.7 Å². The summed E-state index contributed by atoms with van der Waals surface area (Å²) in [6.07, 6.45) is 0.552. The third kappa shape index (κ3) is 3.22. The Hall–Kier alpha value is -1.03. The van der Waals surface area contributed by atoms with E-state index in [2.05, 4.69) is 0 Å². The summed E-state index contributed by atoms with van der Waals surface area (Å²) in [4.78, 5) is 0.0724. The summed E-state index contributed by atoms with van der Waals surface area (Å²) in [5.74, 6) is -0.643. The smallest absolute Gasteiger partial charge is 0.297 e. The van der Waals surface area contributed by atoms with Gasteiger partial charge in [-0.2, -0.15) is 8.42 Å². The van der Waals surface area contributed by atoms with Gasteiger partial charge in [0.1, 0.15) is 18.3 Å². The number of hydrogen-bond donors (Lipinski definition) is 1. The monoisotopic (exact) mass is 370 g/mol. The molecule has 4 unspecified atom stereocenters. The lowest BCUT2D eigenvalue weighted by Crippen LogP contribution is -2.38. The molecule has 25 heavy (non-hydrogen) atoms. The molecule has 2 saturated heterocycles. The SMILES string of the molecule is Cc1ccc(S(=O)(=O)OCC2OC3OC4(CCCC4)OC3C2O)cc1. The Morgan fingerprint density at radius 1 is 1.20 bits per heavy atom. The lowest BCUT2D eigenvalue weighted by molar-refractivity contribution is -0.231. The Labute approximate surface area is 147 Å². The van der Waals surface area contributed by atoms with Gasteiger partial charge in [-0.15, -0.1) is 0 Å². The first-order valence-corrected chi connectivity index (χ1v) is 9.95. The first-order chi connectivity index (χ1) is 11.9. The number of benzene rings is 1. The molecule has 3 fully saturated rings. The minimum atomic E-state index is -3.91. The van der Waals surface area contributed by atoms with Crippen LogP contribution >= 0.6 is 0 Å². The van der Waals surface area contributed by atoms with E-state index in [1.54, 1.807) is 12.1 Å². The van der Waals surface area contributed by atoms with Crippen molar-refractivity contribution in [2.45, 2.75) is 67.9 Å². The van der Waals surface area contributed by atoms with Crippen molar-refractivity contribution in [2.75, 3.05) is 6.61 Å². The van der Waals surface area contributed by atoms with Crippen molar-refractivity contribution in [3.05, 3.63) is 29.8 Å². The molecule has 1 saturated carbocycles. The summed E-state index contributed by atoms with van der Waals surface area (Å²) in [6, 6.07) is 6.37. The van der Waals surface area contributed by atoms with Crippen LogP contribution in [-0.4, -0.2) is 50.5 Å². The fourth-order valence-corrected chi connectivity index (χ4v) is 4.55. The molecule has 1 aromatic carbocycles. The molecule has 4 rings (SSSR count). The maximum absolute atomic E-state index is 12.2. The van der Waals surface area contributed by atoms with E-state index < -0.39 is 40.5 Å². The quantitative estimate of drug-likeness (QED) is 0.803. The second-order valence-electron chi connectivity index (χ2n) is 6.90. The molecule has 138 valence electrons. The molecule has 1 aromatic rings. The minimum Gasteiger partial charge on any atom is -0.387 e. The van der Waals surface area contributed by atoms with Crippen LogP contribution in [0.15, 0.2) is 29.2 Å². The van der Waals surface area contributed by atoms with Crippen molar-refractivity contribution < 1.29 is 31.9 Å². The first-order valence-electron chi connectivity index (χ1n) is 8.54. The number of fused-ring (bicyclic) bond motifs is 1. The Bertz CT molecular complexity index is 724. The van der Waals surface area contributed by atoms with Crippen molar-refractivity contribution in [3.63, 3.8) is 0 Å².